The van der Waals surface area contributed by atoms with Crippen LogP contribution in [0.25, 0.3) is 0 Å². The van der Waals surface area contributed by atoms with Crippen LogP contribution >= 0.6 is 0 Å². The first kappa shape index (κ1) is 26.0. The summed E-state index contributed by atoms with van der Waals surface area (Å²) in [6.07, 6.45) is 53.0. The largest absolute Gasteiger partial charge is 0.0845 e. The van der Waals surface area contributed by atoms with Crippen LogP contribution in [0.4, 0.5) is 0 Å². The Bertz CT molecular complexity index is 536. The van der Waals surface area contributed by atoms with Crippen molar-refractivity contribution in [1.29, 1.82) is 0 Å². The van der Waals surface area contributed by atoms with Crippen LogP contribution in [-0.2, 0) is 0 Å². The first-order valence-corrected chi connectivity index (χ1v) is 12.3. The number of hydrogen-bond donors (Lipinski definition) is 0. The molecule has 1 aliphatic carbocycles. The maximum Gasteiger partial charge on any atom is -0.0348 e. The Hall–Kier alpha value is -2.08. The molecule has 0 saturated carbocycles. The topological polar surface area (TPSA) is 0 Å². The van der Waals surface area contributed by atoms with Gasteiger partial charge in [-0.2, -0.15) is 0 Å². The first-order valence-electron chi connectivity index (χ1n) is 12.3. The van der Waals surface area contributed by atoms with E-state index < -0.39 is 0 Å². The summed E-state index contributed by atoms with van der Waals surface area (Å²) in [6, 6.07) is 0. The van der Waals surface area contributed by atoms with Crippen LogP contribution in [0.5, 0.6) is 0 Å². The van der Waals surface area contributed by atoms with Crippen molar-refractivity contribution >= 4 is 0 Å². The van der Waals surface area contributed by atoms with Gasteiger partial charge in [0, 0.05) is 0 Å². The summed E-state index contributed by atoms with van der Waals surface area (Å²) in [6.45, 7) is 0. The van der Waals surface area contributed by atoms with Gasteiger partial charge in [-0.25, -0.2) is 0 Å². The monoisotopic (exact) mass is 404 g/mol. The van der Waals surface area contributed by atoms with Crippen molar-refractivity contribution < 1.29 is 0 Å². The molecule has 1 rings (SSSR count). The molecule has 0 aromatic heterocycles. The van der Waals surface area contributed by atoms with Crippen molar-refractivity contribution in [2.75, 3.05) is 0 Å². The van der Waals surface area contributed by atoms with E-state index in [1.54, 1.807) is 0 Å². The molecule has 0 heteroatoms. The SMILES string of the molecule is C1=CCCCCCCCCCCCCCC\C=C/C=C/C=C/C=C/C=C/C=C\C=C\1. The van der Waals surface area contributed by atoms with E-state index >= 15 is 0 Å². The van der Waals surface area contributed by atoms with Gasteiger partial charge >= 0.3 is 0 Å². The Kier molecular flexibility index (Phi) is 20.1. The molecule has 30 heavy (non-hydrogen) atoms. The lowest BCUT2D eigenvalue weighted by Gasteiger charge is -2.02. The van der Waals surface area contributed by atoms with Crippen LogP contribution in [0.2, 0.25) is 0 Å². The molecule has 0 aliphatic heterocycles. The molecule has 1 aliphatic rings. The van der Waals surface area contributed by atoms with E-state index in [0.29, 0.717) is 0 Å². The standard InChI is InChI=1S/C30H44/c1-2-4-6-8-10-12-14-16-18-20-22-24-26-28-30-29-27-25-23-21-19-17-15-13-11-9-7-5-3-1/h1-16H,17-30H2/b3-1+,4-2+,7-5-,8-6+,11-9+,12-10+,15-13?,16-14-. The van der Waals surface area contributed by atoms with E-state index in [9.17, 15) is 0 Å². The van der Waals surface area contributed by atoms with Crippen molar-refractivity contribution in [3.05, 3.63) is 97.2 Å². The van der Waals surface area contributed by atoms with Gasteiger partial charge in [0.2, 0.25) is 0 Å². The molecule has 0 aromatic carbocycles. The lowest BCUT2D eigenvalue weighted by atomic mass is 10.0. The highest BCUT2D eigenvalue weighted by atomic mass is 14.0. The summed E-state index contributed by atoms with van der Waals surface area (Å²) < 4.78 is 0. The molecule has 0 spiro atoms. The van der Waals surface area contributed by atoms with Crippen LogP contribution in [0.3, 0.4) is 0 Å². The number of allylic oxidation sites excluding steroid dienone is 16. The normalized spacial score (nSPS) is 27.2. The summed E-state index contributed by atoms with van der Waals surface area (Å²) >= 11 is 0. The second-order valence-corrected chi connectivity index (χ2v) is 7.99. The molecule has 0 nitrogen and oxygen atoms in total. The highest BCUT2D eigenvalue weighted by Crippen LogP contribution is 2.13. The molecule has 164 valence electrons. The van der Waals surface area contributed by atoms with Crippen molar-refractivity contribution in [2.24, 2.45) is 0 Å². The molecule has 0 bridgehead atoms. The summed E-state index contributed by atoms with van der Waals surface area (Å²) in [4.78, 5) is 0. The Labute approximate surface area is 187 Å². The molecule has 0 amide bonds. The summed E-state index contributed by atoms with van der Waals surface area (Å²) in [7, 11) is 0. The lowest BCUT2D eigenvalue weighted by molar-refractivity contribution is 0.542. The quantitative estimate of drug-likeness (QED) is 0.377. The second kappa shape index (κ2) is 23.2. The van der Waals surface area contributed by atoms with Gasteiger partial charge in [0.1, 0.15) is 0 Å². The predicted molar refractivity (Wildman–Crippen MR) is 138 cm³/mol. The van der Waals surface area contributed by atoms with Crippen LogP contribution < -0.4 is 0 Å². The maximum atomic E-state index is 2.29. The Balaban J connectivity index is 2.33. The fraction of sp³-hybridized carbons (Fsp3) is 0.467. The van der Waals surface area contributed by atoms with Crippen LogP contribution in [0, 0.1) is 0 Å². The van der Waals surface area contributed by atoms with Gasteiger partial charge in [-0.15, -0.1) is 0 Å². The fourth-order valence-electron chi connectivity index (χ4n) is 3.41. The number of hydrogen-bond acceptors (Lipinski definition) is 0. The second-order valence-electron chi connectivity index (χ2n) is 7.99. The maximum absolute atomic E-state index is 2.29. The van der Waals surface area contributed by atoms with Crippen molar-refractivity contribution in [2.45, 2.75) is 89.9 Å². The Morgan fingerprint density at radius 2 is 0.400 bits per heavy atom. The van der Waals surface area contributed by atoms with E-state index in [-0.39, 0.29) is 0 Å². The summed E-state index contributed by atoms with van der Waals surface area (Å²) in [5.41, 5.74) is 0. The van der Waals surface area contributed by atoms with Gasteiger partial charge in [-0.05, 0) is 25.7 Å². The molecule has 0 radical (unpaired) electrons. The van der Waals surface area contributed by atoms with E-state index in [4.69, 9.17) is 0 Å². The van der Waals surface area contributed by atoms with Gasteiger partial charge < -0.3 is 0 Å². The number of rotatable bonds is 0. The van der Waals surface area contributed by atoms with E-state index in [1.165, 1.54) is 89.9 Å². The fourth-order valence-corrected chi connectivity index (χ4v) is 3.41. The summed E-state index contributed by atoms with van der Waals surface area (Å²) in [5, 5.41) is 0. The van der Waals surface area contributed by atoms with Crippen LogP contribution in [0.15, 0.2) is 97.2 Å². The minimum atomic E-state index is 1.21. The van der Waals surface area contributed by atoms with Gasteiger partial charge in [0.05, 0.1) is 0 Å². The van der Waals surface area contributed by atoms with Crippen molar-refractivity contribution in [3.8, 4) is 0 Å². The third-order valence-corrected chi connectivity index (χ3v) is 5.21. The zero-order valence-electron chi connectivity index (χ0n) is 19.1. The first-order chi connectivity index (χ1) is 15.0. The highest BCUT2D eigenvalue weighted by Gasteiger charge is 1.93. The lowest BCUT2D eigenvalue weighted by Crippen LogP contribution is -1.82. The minimum Gasteiger partial charge on any atom is -0.0845 e. The van der Waals surface area contributed by atoms with Gasteiger partial charge in [0.15, 0.2) is 0 Å². The van der Waals surface area contributed by atoms with E-state index in [2.05, 4.69) is 85.1 Å². The third kappa shape index (κ3) is 20.6. The smallest absolute Gasteiger partial charge is 0.0348 e. The zero-order valence-corrected chi connectivity index (χ0v) is 19.1. The van der Waals surface area contributed by atoms with E-state index in [0.717, 1.165) is 0 Å². The van der Waals surface area contributed by atoms with Gasteiger partial charge in [-0.3, -0.25) is 0 Å². The molecule has 0 atom stereocenters. The molecule has 0 heterocycles. The molecular weight excluding hydrogens is 360 g/mol. The third-order valence-electron chi connectivity index (χ3n) is 5.21. The average molecular weight is 405 g/mol. The zero-order chi connectivity index (χ0) is 21.2. The van der Waals surface area contributed by atoms with E-state index in [1.807, 2.05) is 12.2 Å². The van der Waals surface area contributed by atoms with Gasteiger partial charge in [0.25, 0.3) is 0 Å². The predicted octanol–water partition coefficient (Wildman–Crippen LogP) is 9.91. The molecule has 0 fully saturated rings. The molecular formula is C30H44. The van der Waals surface area contributed by atoms with Crippen molar-refractivity contribution in [3.63, 3.8) is 0 Å². The molecule has 0 saturated heterocycles. The Morgan fingerprint density at radius 1 is 0.200 bits per heavy atom. The molecule has 0 unspecified atom stereocenters. The van der Waals surface area contributed by atoms with Crippen LogP contribution in [0.1, 0.15) is 89.9 Å². The van der Waals surface area contributed by atoms with Crippen LogP contribution in [-0.4, -0.2) is 0 Å². The molecule has 0 aromatic rings. The van der Waals surface area contributed by atoms with Gasteiger partial charge in [-0.1, -0.05) is 161 Å². The highest BCUT2D eigenvalue weighted by molar-refractivity contribution is 5.21. The molecule has 0 N–H and O–H groups in total. The minimum absolute atomic E-state index is 1.21. The Morgan fingerprint density at radius 3 is 0.667 bits per heavy atom. The van der Waals surface area contributed by atoms with Crippen molar-refractivity contribution in [1.82, 2.24) is 0 Å². The average Bonchev–Trinajstić information content (AvgIpc) is 2.76. The summed E-state index contributed by atoms with van der Waals surface area (Å²) in [5.74, 6) is 0.